The summed E-state index contributed by atoms with van der Waals surface area (Å²) in [5.41, 5.74) is 2.49. The zero-order valence-electron chi connectivity index (χ0n) is 11.8. The van der Waals surface area contributed by atoms with Crippen molar-refractivity contribution < 1.29 is 5.11 Å². The molecule has 0 bridgehead atoms. The van der Waals surface area contributed by atoms with Crippen molar-refractivity contribution in [3.63, 3.8) is 0 Å². The summed E-state index contributed by atoms with van der Waals surface area (Å²) in [5.74, 6) is 0. The van der Waals surface area contributed by atoms with Crippen molar-refractivity contribution in [2.45, 2.75) is 44.6 Å². The third kappa shape index (κ3) is 5.49. The van der Waals surface area contributed by atoms with E-state index in [1.807, 2.05) is 24.5 Å². The van der Waals surface area contributed by atoms with Crippen LogP contribution in [0.2, 0.25) is 0 Å². The highest BCUT2D eigenvalue weighted by Crippen LogP contribution is 2.11. The molecule has 0 atom stereocenters. The van der Waals surface area contributed by atoms with Crippen molar-refractivity contribution in [2.75, 3.05) is 0 Å². The molecule has 0 saturated carbocycles. The van der Waals surface area contributed by atoms with E-state index in [9.17, 15) is 5.11 Å². The molecule has 0 aliphatic carbocycles. The van der Waals surface area contributed by atoms with Crippen molar-refractivity contribution in [3.05, 3.63) is 60.2 Å². The Balaban J connectivity index is 1.58. The molecule has 3 nitrogen and oxygen atoms in total. The van der Waals surface area contributed by atoms with Gasteiger partial charge in [-0.2, -0.15) is 0 Å². The molecule has 2 heterocycles. The monoisotopic (exact) mass is 270 g/mol. The first kappa shape index (κ1) is 14.7. The van der Waals surface area contributed by atoms with Gasteiger partial charge >= 0.3 is 0 Å². The van der Waals surface area contributed by atoms with Gasteiger partial charge in [-0.3, -0.25) is 9.97 Å². The van der Waals surface area contributed by atoms with Crippen LogP contribution in [0.1, 0.15) is 36.8 Å². The molecule has 2 aromatic rings. The number of hydrogen-bond donors (Lipinski definition) is 1. The van der Waals surface area contributed by atoms with Crippen LogP contribution < -0.4 is 0 Å². The van der Waals surface area contributed by atoms with Gasteiger partial charge < -0.3 is 5.11 Å². The Hall–Kier alpha value is -1.74. The lowest BCUT2D eigenvalue weighted by atomic mass is 10.0. The molecule has 0 unspecified atom stereocenters. The van der Waals surface area contributed by atoms with Gasteiger partial charge in [0.2, 0.25) is 0 Å². The van der Waals surface area contributed by atoms with Crippen molar-refractivity contribution >= 4 is 0 Å². The van der Waals surface area contributed by atoms with Crippen LogP contribution >= 0.6 is 0 Å². The molecule has 2 rings (SSSR count). The minimum Gasteiger partial charge on any atom is -0.393 e. The molecule has 0 radical (unpaired) electrons. The zero-order valence-corrected chi connectivity index (χ0v) is 11.8. The van der Waals surface area contributed by atoms with Gasteiger partial charge in [0.15, 0.2) is 0 Å². The topological polar surface area (TPSA) is 46.0 Å². The van der Waals surface area contributed by atoms with Gasteiger partial charge in [-0.05, 0) is 61.8 Å². The van der Waals surface area contributed by atoms with Crippen molar-refractivity contribution in [1.29, 1.82) is 0 Å². The van der Waals surface area contributed by atoms with Gasteiger partial charge in [-0.25, -0.2) is 0 Å². The number of aliphatic hydroxyl groups is 1. The number of pyridine rings is 2. The quantitative estimate of drug-likeness (QED) is 0.801. The lowest BCUT2D eigenvalue weighted by Crippen LogP contribution is -2.07. The maximum absolute atomic E-state index is 9.97. The minimum absolute atomic E-state index is 0.191. The minimum atomic E-state index is -0.191. The van der Waals surface area contributed by atoms with Crippen LogP contribution in [-0.2, 0) is 12.8 Å². The summed E-state index contributed by atoms with van der Waals surface area (Å²) in [6.45, 7) is 0. The number of aromatic nitrogens is 2. The Morgan fingerprint density at radius 3 is 1.75 bits per heavy atom. The van der Waals surface area contributed by atoms with E-state index >= 15 is 0 Å². The Morgan fingerprint density at radius 2 is 1.35 bits per heavy atom. The summed E-state index contributed by atoms with van der Waals surface area (Å²) in [5, 5.41) is 9.97. The lowest BCUT2D eigenvalue weighted by Gasteiger charge is -2.10. The largest absolute Gasteiger partial charge is 0.393 e. The van der Waals surface area contributed by atoms with Crippen LogP contribution in [0.4, 0.5) is 0 Å². The van der Waals surface area contributed by atoms with Gasteiger partial charge in [0.05, 0.1) is 6.10 Å². The van der Waals surface area contributed by atoms with E-state index in [0.717, 1.165) is 38.5 Å². The molecular weight excluding hydrogens is 248 g/mol. The second kappa shape index (κ2) is 8.43. The van der Waals surface area contributed by atoms with Crippen molar-refractivity contribution in [1.82, 2.24) is 9.97 Å². The van der Waals surface area contributed by atoms with Crippen LogP contribution in [0.3, 0.4) is 0 Å². The van der Waals surface area contributed by atoms with E-state index in [4.69, 9.17) is 0 Å². The smallest absolute Gasteiger partial charge is 0.0540 e. The summed E-state index contributed by atoms with van der Waals surface area (Å²) in [6, 6.07) is 8.09. The average molecular weight is 270 g/mol. The second-order valence-electron chi connectivity index (χ2n) is 5.16. The number of nitrogens with zero attached hydrogens (tertiary/aromatic N) is 2. The summed E-state index contributed by atoms with van der Waals surface area (Å²) in [4.78, 5) is 8.19. The first-order valence-corrected chi connectivity index (χ1v) is 7.30. The third-order valence-electron chi connectivity index (χ3n) is 3.45. The van der Waals surface area contributed by atoms with Crippen LogP contribution in [0.5, 0.6) is 0 Å². The van der Waals surface area contributed by atoms with E-state index in [1.165, 1.54) is 11.1 Å². The molecule has 0 fully saturated rings. The SMILES string of the molecule is OC(CCCc1cccnc1)CCCc1cccnc1. The molecule has 0 saturated heterocycles. The van der Waals surface area contributed by atoms with Crippen LogP contribution in [0.15, 0.2) is 49.1 Å². The number of aryl methyl sites for hydroxylation is 2. The van der Waals surface area contributed by atoms with Crippen LogP contribution in [-0.4, -0.2) is 21.2 Å². The fraction of sp³-hybridized carbons (Fsp3) is 0.412. The number of hydrogen-bond acceptors (Lipinski definition) is 3. The third-order valence-corrected chi connectivity index (χ3v) is 3.45. The maximum Gasteiger partial charge on any atom is 0.0540 e. The molecule has 1 N–H and O–H groups in total. The Kier molecular flexibility index (Phi) is 6.18. The van der Waals surface area contributed by atoms with Gasteiger partial charge in [0.1, 0.15) is 0 Å². The van der Waals surface area contributed by atoms with Gasteiger partial charge in [0.25, 0.3) is 0 Å². The van der Waals surface area contributed by atoms with Gasteiger partial charge in [0, 0.05) is 24.8 Å². The van der Waals surface area contributed by atoms with Crippen molar-refractivity contribution in [3.8, 4) is 0 Å². The van der Waals surface area contributed by atoms with Crippen molar-refractivity contribution in [2.24, 2.45) is 0 Å². The number of rotatable bonds is 8. The van der Waals surface area contributed by atoms with Gasteiger partial charge in [-0.1, -0.05) is 12.1 Å². The first-order valence-electron chi connectivity index (χ1n) is 7.30. The molecule has 0 aliphatic heterocycles. The fourth-order valence-corrected chi connectivity index (χ4v) is 2.32. The maximum atomic E-state index is 9.97. The van der Waals surface area contributed by atoms with E-state index in [2.05, 4.69) is 22.1 Å². The van der Waals surface area contributed by atoms with E-state index in [1.54, 1.807) is 12.4 Å². The Bertz CT molecular complexity index is 427. The Morgan fingerprint density at radius 1 is 0.850 bits per heavy atom. The van der Waals surface area contributed by atoms with E-state index < -0.39 is 0 Å². The summed E-state index contributed by atoms with van der Waals surface area (Å²) in [7, 11) is 0. The highest BCUT2D eigenvalue weighted by molar-refractivity contribution is 5.09. The second-order valence-corrected chi connectivity index (χ2v) is 5.16. The highest BCUT2D eigenvalue weighted by Gasteiger charge is 2.04. The molecule has 3 heteroatoms. The first-order chi connectivity index (χ1) is 9.84. The number of aliphatic hydroxyl groups excluding tert-OH is 1. The van der Waals surface area contributed by atoms with E-state index in [-0.39, 0.29) is 6.10 Å². The molecule has 106 valence electrons. The molecule has 0 amide bonds. The van der Waals surface area contributed by atoms with Gasteiger partial charge in [-0.15, -0.1) is 0 Å². The molecule has 2 aromatic heterocycles. The normalized spacial score (nSPS) is 10.9. The molecule has 20 heavy (non-hydrogen) atoms. The van der Waals surface area contributed by atoms with E-state index in [0.29, 0.717) is 0 Å². The summed E-state index contributed by atoms with van der Waals surface area (Å²) in [6.07, 6.45) is 12.9. The highest BCUT2D eigenvalue weighted by atomic mass is 16.3. The lowest BCUT2D eigenvalue weighted by molar-refractivity contribution is 0.149. The average Bonchev–Trinajstić information content (AvgIpc) is 2.49. The predicted molar refractivity (Wildman–Crippen MR) is 80.4 cm³/mol. The Labute approximate surface area is 120 Å². The predicted octanol–water partition coefficient (Wildman–Crippen LogP) is 3.18. The molecular formula is C17H22N2O. The fourth-order valence-electron chi connectivity index (χ4n) is 2.32. The summed E-state index contributed by atoms with van der Waals surface area (Å²) >= 11 is 0. The summed E-state index contributed by atoms with van der Waals surface area (Å²) < 4.78 is 0. The molecule has 0 aliphatic rings. The molecule has 0 spiro atoms. The molecule has 0 aromatic carbocycles. The van der Waals surface area contributed by atoms with Crippen LogP contribution in [0, 0.1) is 0 Å². The standard InChI is InChI=1S/C17H22N2O/c20-17(9-1-5-15-7-3-11-18-13-15)10-2-6-16-8-4-12-19-14-16/h3-4,7-8,11-14,17,20H,1-2,5-6,9-10H2. The zero-order chi connectivity index (χ0) is 14.0. The van der Waals surface area contributed by atoms with Crippen LogP contribution in [0.25, 0.3) is 0 Å².